The summed E-state index contributed by atoms with van der Waals surface area (Å²) >= 11 is 3.81. The molecule has 1 saturated carbocycles. The van der Waals surface area contributed by atoms with E-state index in [4.69, 9.17) is 0 Å². The van der Waals surface area contributed by atoms with E-state index in [1.165, 1.54) is 58.0 Å². The normalized spacial score (nSPS) is 18.6. The second-order valence-corrected chi connectivity index (χ2v) is 7.84. The Morgan fingerprint density at radius 2 is 1.60 bits per heavy atom. The van der Waals surface area contributed by atoms with Gasteiger partial charge in [-0.15, -0.1) is 0 Å². The fourth-order valence-electron chi connectivity index (χ4n) is 3.98. The van der Waals surface area contributed by atoms with E-state index in [0.717, 1.165) is 5.33 Å². The Hall–Kier alpha value is 0.400. The highest BCUT2D eigenvalue weighted by atomic mass is 79.9. The van der Waals surface area contributed by atoms with Gasteiger partial charge in [0.2, 0.25) is 0 Å². The monoisotopic (exact) mass is 346 g/mol. The van der Waals surface area contributed by atoms with Crippen LogP contribution >= 0.6 is 15.9 Å². The summed E-state index contributed by atoms with van der Waals surface area (Å²) in [7, 11) is 6.83. The number of hydrogen-bond acceptors (Lipinski definition) is 2. The smallest absolute Gasteiger partial charge is 0.0330 e. The number of rotatable bonds is 10. The van der Waals surface area contributed by atoms with Gasteiger partial charge in [-0.25, -0.2) is 0 Å². The second kappa shape index (κ2) is 8.14. The van der Waals surface area contributed by atoms with Crippen LogP contribution < -0.4 is 0 Å². The summed E-state index contributed by atoms with van der Waals surface area (Å²) in [4.78, 5) is 5.06. The molecule has 0 radical (unpaired) electrons. The molecule has 1 aliphatic carbocycles. The van der Waals surface area contributed by atoms with Crippen molar-refractivity contribution in [1.82, 2.24) is 9.80 Å². The summed E-state index contributed by atoms with van der Waals surface area (Å²) in [6.07, 6.45) is 9.40. The Balaban J connectivity index is 2.63. The highest BCUT2D eigenvalue weighted by Crippen LogP contribution is 2.38. The topological polar surface area (TPSA) is 6.48 Å². The van der Waals surface area contributed by atoms with Crippen molar-refractivity contribution < 1.29 is 0 Å². The molecule has 1 rings (SSSR count). The molecule has 1 aliphatic rings. The van der Waals surface area contributed by atoms with Gasteiger partial charge in [-0.05, 0) is 58.7 Å². The maximum Gasteiger partial charge on any atom is 0.0330 e. The van der Waals surface area contributed by atoms with Gasteiger partial charge in [0.15, 0.2) is 0 Å². The van der Waals surface area contributed by atoms with Crippen LogP contribution in [0.1, 0.15) is 58.8 Å². The van der Waals surface area contributed by atoms with Gasteiger partial charge in [0.25, 0.3) is 0 Å². The van der Waals surface area contributed by atoms with Crippen LogP contribution in [-0.2, 0) is 0 Å². The number of halogens is 1. The van der Waals surface area contributed by atoms with Gasteiger partial charge in [0, 0.05) is 24.0 Å². The van der Waals surface area contributed by atoms with E-state index in [1.807, 2.05) is 0 Å². The molecule has 0 spiro atoms. The fourth-order valence-corrected chi connectivity index (χ4v) is 4.72. The van der Waals surface area contributed by atoms with Crippen LogP contribution in [0.4, 0.5) is 0 Å². The summed E-state index contributed by atoms with van der Waals surface area (Å²) in [6.45, 7) is 7.10. The van der Waals surface area contributed by atoms with Gasteiger partial charge in [-0.2, -0.15) is 0 Å². The lowest BCUT2D eigenvalue weighted by Crippen LogP contribution is -2.57. The Morgan fingerprint density at radius 1 is 1.05 bits per heavy atom. The van der Waals surface area contributed by atoms with E-state index in [2.05, 4.69) is 60.7 Å². The largest absolute Gasteiger partial charge is 0.304 e. The van der Waals surface area contributed by atoms with Crippen LogP contribution in [0.5, 0.6) is 0 Å². The molecule has 0 heterocycles. The zero-order valence-corrected chi connectivity index (χ0v) is 15.9. The predicted octanol–water partition coefficient (Wildman–Crippen LogP) is 4.38. The van der Waals surface area contributed by atoms with Crippen molar-refractivity contribution in [1.29, 1.82) is 0 Å². The van der Waals surface area contributed by atoms with Gasteiger partial charge >= 0.3 is 0 Å². The first-order valence-electron chi connectivity index (χ1n) is 8.35. The van der Waals surface area contributed by atoms with E-state index in [9.17, 15) is 0 Å². The van der Waals surface area contributed by atoms with Crippen molar-refractivity contribution in [2.45, 2.75) is 64.3 Å². The van der Waals surface area contributed by atoms with E-state index in [-0.39, 0.29) is 0 Å². The Bertz CT molecular complexity index is 268. The second-order valence-electron chi connectivity index (χ2n) is 7.28. The minimum Gasteiger partial charge on any atom is -0.304 e. The van der Waals surface area contributed by atoms with Crippen LogP contribution in [0.25, 0.3) is 0 Å². The molecule has 0 amide bonds. The molecule has 0 saturated heterocycles. The molecule has 20 heavy (non-hydrogen) atoms. The SMILES string of the molecule is CCCC(CBr)(CCC)CN(C)CC1(N(C)C)CCC1. The minimum atomic E-state index is 0.450. The summed E-state index contributed by atoms with van der Waals surface area (Å²) in [5.41, 5.74) is 0.917. The van der Waals surface area contributed by atoms with Gasteiger partial charge < -0.3 is 9.80 Å². The number of nitrogens with zero attached hydrogens (tertiary/aromatic N) is 2. The number of hydrogen-bond donors (Lipinski definition) is 0. The van der Waals surface area contributed by atoms with Gasteiger partial charge in [0.05, 0.1) is 0 Å². The molecule has 3 heteroatoms. The molecule has 2 nitrogen and oxygen atoms in total. The molecule has 0 bridgehead atoms. The third-order valence-corrected chi connectivity index (χ3v) is 6.44. The molecular weight excluding hydrogens is 312 g/mol. The zero-order chi connectivity index (χ0) is 15.2. The molecule has 0 atom stereocenters. The first-order chi connectivity index (χ1) is 9.43. The molecular formula is C17H35BrN2. The minimum absolute atomic E-state index is 0.450. The van der Waals surface area contributed by atoms with Crippen molar-refractivity contribution in [3.05, 3.63) is 0 Å². The average Bonchev–Trinajstić information content (AvgIpc) is 2.33. The van der Waals surface area contributed by atoms with E-state index < -0.39 is 0 Å². The molecule has 0 aliphatic heterocycles. The summed E-state index contributed by atoms with van der Waals surface area (Å²) in [6, 6.07) is 0. The van der Waals surface area contributed by atoms with Crippen molar-refractivity contribution in [2.75, 3.05) is 39.6 Å². The lowest BCUT2D eigenvalue weighted by atomic mass is 9.74. The Labute approximate surface area is 135 Å². The van der Waals surface area contributed by atoms with E-state index in [0.29, 0.717) is 11.0 Å². The summed E-state index contributed by atoms with van der Waals surface area (Å²) in [5.74, 6) is 0. The maximum atomic E-state index is 3.81. The van der Waals surface area contributed by atoms with Crippen LogP contribution in [0, 0.1) is 5.41 Å². The van der Waals surface area contributed by atoms with Crippen LogP contribution in [0.2, 0.25) is 0 Å². The molecule has 1 fully saturated rings. The summed E-state index contributed by atoms with van der Waals surface area (Å²) in [5, 5.41) is 1.14. The molecule has 0 unspecified atom stereocenters. The lowest BCUT2D eigenvalue weighted by Gasteiger charge is -2.50. The van der Waals surface area contributed by atoms with Gasteiger partial charge in [-0.3, -0.25) is 0 Å². The van der Waals surface area contributed by atoms with Crippen molar-refractivity contribution >= 4 is 15.9 Å². The summed E-state index contributed by atoms with van der Waals surface area (Å²) < 4.78 is 0. The van der Waals surface area contributed by atoms with Crippen molar-refractivity contribution in [3.8, 4) is 0 Å². The first-order valence-corrected chi connectivity index (χ1v) is 9.48. The van der Waals surface area contributed by atoms with E-state index >= 15 is 0 Å². The Morgan fingerprint density at radius 3 is 1.90 bits per heavy atom. The molecule has 0 aromatic rings. The molecule has 0 aromatic carbocycles. The average molecular weight is 347 g/mol. The van der Waals surface area contributed by atoms with Crippen LogP contribution in [0.3, 0.4) is 0 Å². The Kier molecular flexibility index (Phi) is 7.51. The number of alkyl halides is 1. The third kappa shape index (κ3) is 4.45. The zero-order valence-electron chi connectivity index (χ0n) is 14.3. The molecule has 0 N–H and O–H groups in total. The third-order valence-electron chi connectivity index (χ3n) is 5.25. The van der Waals surface area contributed by atoms with Gasteiger partial charge in [-0.1, -0.05) is 42.6 Å². The molecule has 120 valence electrons. The highest BCUT2D eigenvalue weighted by Gasteiger charge is 2.41. The van der Waals surface area contributed by atoms with Crippen molar-refractivity contribution in [3.63, 3.8) is 0 Å². The van der Waals surface area contributed by atoms with Gasteiger partial charge in [0.1, 0.15) is 0 Å². The maximum absolute atomic E-state index is 3.81. The highest BCUT2D eigenvalue weighted by molar-refractivity contribution is 9.09. The fraction of sp³-hybridized carbons (Fsp3) is 1.00. The standard InChI is InChI=1S/C17H35BrN2/c1-6-9-16(13-18,10-7-2)14-20(5)15-17(19(3)4)11-8-12-17/h6-15H2,1-5H3. The quantitative estimate of drug-likeness (QED) is 0.541. The van der Waals surface area contributed by atoms with Crippen LogP contribution in [-0.4, -0.2) is 54.9 Å². The first kappa shape index (κ1) is 18.4. The van der Waals surface area contributed by atoms with Crippen molar-refractivity contribution in [2.24, 2.45) is 5.41 Å². The van der Waals surface area contributed by atoms with Crippen LogP contribution in [0.15, 0.2) is 0 Å². The molecule has 0 aromatic heterocycles. The van der Waals surface area contributed by atoms with E-state index in [1.54, 1.807) is 0 Å². The predicted molar refractivity (Wildman–Crippen MR) is 93.8 cm³/mol. The lowest BCUT2D eigenvalue weighted by molar-refractivity contribution is 0.0159. The number of likely N-dealkylation sites (N-methyl/N-ethyl adjacent to an activating group) is 2.